The van der Waals surface area contributed by atoms with Gasteiger partial charge in [-0.25, -0.2) is 4.98 Å². The Kier molecular flexibility index (Phi) is 4.40. The third-order valence-corrected chi connectivity index (χ3v) is 3.86. The van der Waals surface area contributed by atoms with Crippen molar-refractivity contribution in [2.45, 2.75) is 45.8 Å². The molecule has 1 aromatic heterocycles. The largest absolute Gasteiger partial charge is 0.330 e. The molecule has 0 saturated carbocycles. The predicted molar refractivity (Wildman–Crippen MR) is 74.5 cm³/mol. The Morgan fingerprint density at radius 1 is 1.50 bits per heavy atom. The van der Waals surface area contributed by atoms with Crippen LogP contribution in [-0.2, 0) is 6.54 Å². The zero-order chi connectivity index (χ0) is 13.1. The highest BCUT2D eigenvalue weighted by Crippen LogP contribution is 2.28. The van der Waals surface area contributed by atoms with Crippen LogP contribution in [0.1, 0.15) is 38.9 Å². The number of nitrogens with zero attached hydrogens (tertiary/aromatic N) is 3. The molecule has 0 amide bonds. The van der Waals surface area contributed by atoms with Crippen molar-refractivity contribution in [2.75, 3.05) is 20.1 Å². The van der Waals surface area contributed by atoms with Gasteiger partial charge in [0.1, 0.15) is 0 Å². The minimum atomic E-state index is 0.517. The van der Waals surface area contributed by atoms with Crippen molar-refractivity contribution in [3.8, 4) is 0 Å². The van der Waals surface area contributed by atoms with Crippen LogP contribution in [0.15, 0.2) is 12.5 Å². The molecule has 18 heavy (non-hydrogen) atoms. The topological polar surface area (TPSA) is 33.1 Å². The molecule has 1 aromatic rings. The van der Waals surface area contributed by atoms with Crippen LogP contribution in [0.3, 0.4) is 0 Å². The van der Waals surface area contributed by atoms with Crippen molar-refractivity contribution in [1.82, 2.24) is 19.8 Å². The second-order valence-electron chi connectivity index (χ2n) is 5.92. The lowest BCUT2D eigenvalue weighted by Crippen LogP contribution is -2.38. The maximum absolute atomic E-state index is 4.34. The standard InChI is InChI=1S/C14H26N4/c1-11(2)16-8-13-7-15-10-18(13)14-5-6-17(4)9-12(14)3/h7,10-12,14,16H,5-6,8-9H2,1-4H3. The lowest BCUT2D eigenvalue weighted by molar-refractivity contribution is 0.156. The van der Waals surface area contributed by atoms with E-state index in [4.69, 9.17) is 0 Å². The fourth-order valence-electron chi connectivity index (χ4n) is 2.83. The average molecular weight is 250 g/mol. The first-order valence-corrected chi connectivity index (χ1v) is 7.00. The van der Waals surface area contributed by atoms with E-state index in [0.717, 1.165) is 6.54 Å². The molecule has 4 nitrogen and oxygen atoms in total. The highest BCUT2D eigenvalue weighted by Gasteiger charge is 2.26. The summed E-state index contributed by atoms with van der Waals surface area (Å²) in [5.41, 5.74) is 1.31. The molecular formula is C14H26N4. The first-order chi connectivity index (χ1) is 8.58. The summed E-state index contributed by atoms with van der Waals surface area (Å²) in [5, 5.41) is 3.48. The molecule has 1 N–H and O–H groups in total. The van der Waals surface area contributed by atoms with Crippen LogP contribution in [0.4, 0.5) is 0 Å². The molecule has 1 aliphatic rings. The molecule has 2 unspecified atom stereocenters. The third kappa shape index (κ3) is 3.12. The summed E-state index contributed by atoms with van der Waals surface area (Å²) in [6, 6.07) is 1.12. The van der Waals surface area contributed by atoms with Crippen LogP contribution < -0.4 is 5.32 Å². The van der Waals surface area contributed by atoms with Crippen molar-refractivity contribution in [1.29, 1.82) is 0 Å². The zero-order valence-electron chi connectivity index (χ0n) is 12.1. The van der Waals surface area contributed by atoms with Crippen LogP contribution in [-0.4, -0.2) is 40.6 Å². The van der Waals surface area contributed by atoms with E-state index in [1.54, 1.807) is 0 Å². The molecule has 0 aliphatic carbocycles. The quantitative estimate of drug-likeness (QED) is 0.886. The molecule has 102 valence electrons. The molecule has 0 radical (unpaired) electrons. The van der Waals surface area contributed by atoms with Crippen molar-refractivity contribution in [3.63, 3.8) is 0 Å². The fourth-order valence-corrected chi connectivity index (χ4v) is 2.83. The molecular weight excluding hydrogens is 224 g/mol. The lowest BCUT2D eigenvalue weighted by atomic mass is 9.94. The lowest BCUT2D eigenvalue weighted by Gasteiger charge is -2.36. The SMILES string of the molecule is CC(C)NCc1cncn1C1CCN(C)CC1C. The van der Waals surface area contributed by atoms with Gasteiger partial charge in [-0.2, -0.15) is 0 Å². The van der Waals surface area contributed by atoms with Gasteiger partial charge in [0.05, 0.1) is 12.0 Å². The molecule has 1 fully saturated rings. The Balaban J connectivity index is 2.06. The van der Waals surface area contributed by atoms with Gasteiger partial charge in [-0.3, -0.25) is 0 Å². The molecule has 0 bridgehead atoms. The third-order valence-electron chi connectivity index (χ3n) is 3.86. The van der Waals surface area contributed by atoms with E-state index in [-0.39, 0.29) is 0 Å². The summed E-state index contributed by atoms with van der Waals surface area (Å²) in [5.74, 6) is 0.691. The van der Waals surface area contributed by atoms with Crippen molar-refractivity contribution >= 4 is 0 Å². The number of aromatic nitrogens is 2. The van der Waals surface area contributed by atoms with Crippen LogP contribution >= 0.6 is 0 Å². The van der Waals surface area contributed by atoms with E-state index >= 15 is 0 Å². The molecule has 0 spiro atoms. The number of hydrogen-bond acceptors (Lipinski definition) is 3. The average Bonchev–Trinajstić information content (AvgIpc) is 2.74. The highest BCUT2D eigenvalue weighted by atomic mass is 15.2. The van der Waals surface area contributed by atoms with Gasteiger partial charge >= 0.3 is 0 Å². The zero-order valence-corrected chi connectivity index (χ0v) is 12.1. The summed E-state index contributed by atoms with van der Waals surface area (Å²) >= 11 is 0. The van der Waals surface area contributed by atoms with Gasteiger partial charge in [-0.15, -0.1) is 0 Å². The first-order valence-electron chi connectivity index (χ1n) is 7.00. The maximum atomic E-state index is 4.34. The predicted octanol–water partition coefficient (Wildman–Crippen LogP) is 1.89. The van der Waals surface area contributed by atoms with Gasteiger partial charge in [0.15, 0.2) is 0 Å². The van der Waals surface area contributed by atoms with Gasteiger partial charge in [-0.1, -0.05) is 20.8 Å². The second kappa shape index (κ2) is 5.85. The van der Waals surface area contributed by atoms with Crippen LogP contribution in [0, 0.1) is 5.92 Å². The number of imidazole rings is 1. The second-order valence-corrected chi connectivity index (χ2v) is 5.92. The molecule has 1 saturated heterocycles. The number of piperidine rings is 1. The van der Waals surface area contributed by atoms with Gasteiger partial charge < -0.3 is 14.8 Å². The fraction of sp³-hybridized carbons (Fsp3) is 0.786. The first kappa shape index (κ1) is 13.6. The molecule has 0 aromatic carbocycles. The molecule has 2 heterocycles. The Morgan fingerprint density at radius 3 is 2.94 bits per heavy atom. The monoisotopic (exact) mass is 250 g/mol. The van der Waals surface area contributed by atoms with Crippen LogP contribution in [0.2, 0.25) is 0 Å². The molecule has 1 aliphatic heterocycles. The van der Waals surface area contributed by atoms with Crippen molar-refractivity contribution in [3.05, 3.63) is 18.2 Å². The molecule has 2 atom stereocenters. The number of nitrogens with one attached hydrogen (secondary N) is 1. The normalized spacial score (nSPS) is 25.8. The van der Waals surface area contributed by atoms with Crippen LogP contribution in [0.5, 0.6) is 0 Å². The summed E-state index contributed by atoms with van der Waals surface area (Å²) in [6.07, 6.45) is 5.23. The van der Waals surface area contributed by atoms with E-state index < -0.39 is 0 Å². The van der Waals surface area contributed by atoms with Crippen molar-refractivity contribution in [2.24, 2.45) is 5.92 Å². The number of hydrogen-bond donors (Lipinski definition) is 1. The van der Waals surface area contributed by atoms with Gasteiger partial charge in [0.25, 0.3) is 0 Å². The van der Waals surface area contributed by atoms with Crippen LogP contribution in [0.25, 0.3) is 0 Å². The summed E-state index contributed by atoms with van der Waals surface area (Å²) in [6.45, 7) is 9.98. The Hall–Kier alpha value is -0.870. The van der Waals surface area contributed by atoms with E-state index in [1.165, 1.54) is 25.2 Å². The van der Waals surface area contributed by atoms with E-state index in [2.05, 4.69) is 47.6 Å². The Morgan fingerprint density at radius 2 is 2.28 bits per heavy atom. The Bertz CT molecular complexity index is 372. The van der Waals surface area contributed by atoms with E-state index in [9.17, 15) is 0 Å². The van der Waals surface area contributed by atoms with Gasteiger partial charge in [-0.05, 0) is 25.9 Å². The van der Waals surface area contributed by atoms with Gasteiger partial charge in [0, 0.05) is 31.4 Å². The molecule has 2 rings (SSSR count). The highest BCUT2D eigenvalue weighted by molar-refractivity contribution is 5.02. The molecule has 4 heteroatoms. The van der Waals surface area contributed by atoms with E-state index in [0.29, 0.717) is 18.0 Å². The summed E-state index contributed by atoms with van der Waals surface area (Å²) in [4.78, 5) is 6.76. The van der Waals surface area contributed by atoms with Crippen molar-refractivity contribution < 1.29 is 0 Å². The smallest absolute Gasteiger partial charge is 0.0951 e. The summed E-state index contributed by atoms with van der Waals surface area (Å²) < 4.78 is 2.38. The minimum Gasteiger partial charge on any atom is -0.330 e. The van der Waals surface area contributed by atoms with Gasteiger partial charge in [0.2, 0.25) is 0 Å². The minimum absolute atomic E-state index is 0.517. The summed E-state index contributed by atoms with van der Waals surface area (Å²) in [7, 11) is 2.21. The Labute approximate surface area is 110 Å². The van der Waals surface area contributed by atoms with E-state index in [1.807, 2.05) is 12.5 Å². The number of rotatable bonds is 4. The number of likely N-dealkylation sites (tertiary alicyclic amines) is 1. The maximum Gasteiger partial charge on any atom is 0.0951 e.